The first-order valence-electron chi connectivity index (χ1n) is 7.57. The fraction of sp³-hybridized carbons (Fsp3) is 0.235. The van der Waals surface area contributed by atoms with Gasteiger partial charge in [-0.25, -0.2) is 9.97 Å². The number of pyridine rings is 2. The molecule has 6 nitrogen and oxygen atoms in total. The minimum atomic E-state index is 0.692. The third-order valence-electron chi connectivity index (χ3n) is 4.07. The van der Waals surface area contributed by atoms with E-state index in [-0.39, 0.29) is 0 Å². The molecule has 1 N–H and O–H groups in total. The topological polar surface area (TPSA) is 60.0 Å². The molecule has 0 amide bonds. The van der Waals surface area contributed by atoms with Gasteiger partial charge in [0.1, 0.15) is 5.65 Å². The van der Waals surface area contributed by atoms with E-state index in [2.05, 4.69) is 50.0 Å². The van der Waals surface area contributed by atoms with Crippen LogP contribution < -0.4 is 5.32 Å². The van der Waals surface area contributed by atoms with E-state index in [0.29, 0.717) is 6.54 Å². The van der Waals surface area contributed by atoms with E-state index in [1.807, 2.05) is 37.1 Å². The van der Waals surface area contributed by atoms with Crippen LogP contribution in [0.5, 0.6) is 0 Å². The molecule has 0 atom stereocenters. The number of imidazole rings is 1. The molecule has 0 radical (unpaired) electrons. The van der Waals surface area contributed by atoms with Crippen molar-refractivity contribution in [3.05, 3.63) is 53.7 Å². The molecule has 0 aliphatic carbocycles. The fourth-order valence-corrected chi connectivity index (χ4v) is 2.87. The Balaban J connectivity index is 1.63. The minimum Gasteiger partial charge on any atom is -0.378 e. The van der Waals surface area contributed by atoms with Gasteiger partial charge in [-0.2, -0.15) is 5.10 Å². The second-order valence-corrected chi connectivity index (χ2v) is 5.84. The van der Waals surface area contributed by atoms with E-state index in [0.717, 1.165) is 33.8 Å². The Morgan fingerprint density at radius 2 is 2.00 bits per heavy atom. The summed E-state index contributed by atoms with van der Waals surface area (Å²) in [7, 11) is 1.91. The summed E-state index contributed by atoms with van der Waals surface area (Å²) in [6, 6.07) is 6.20. The number of nitrogens with zero attached hydrogens (tertiary/aromatic N) is 5. The van der Waals surface area contributed by atoms with Crippen LogP contribution in [-0.2, 0) is 13.6 Å². The Bertz CT molecular complexity index is 1010. The van der Waals surface area contributed by atoms with Crippen LogP contribution in [-0.4, -0.2) is 24.1 Å². The summed E-state index contributed by atoms with van der Waals surface area (Å²) in [6.07, 6.45) is 5.85. The number of fused-ring (bicyclic) bond motifs is 2. The zero-order valence-corrected chi connectivity index (χ0v) is 13.4. The van der Waals surface area contributed by atoms with Gasteiger partial charge in [0.15, 0.2) is 5.65 Å². The second kappa shape index (κ2) is 5.08. The third-order valence-corrected chi connectivity index (χ3v) is 4.07. The summed E-state index contributed by atoms with van der Waals surface area (Å²) in [4.78, 5) is 8.93. The van der Waals surface area contributed by atoms with Crippen molar-refractivity contribution in [2.45, 2.75) is 20.4 Å². The van der Waals surface area contributed by atoms with Crippen molar-refractivity contribution in [3.8, 4) is 0 Å². The number of aromatic nitrogens is 5. The molecule has 4 rings (SSSR count). The van der Waals surface area contributed by atoms with Gasteiger partial charge in [0, 0.05) is 18.6 Å². The van der Waals surface area contributed by atoms with Gasteiger partial charge in [0.2, 0.25) is 0 Å². The van der Waals surface area contributed by atoms with E-state index in [1.54, 1.807) is 0 Å². The molecular formula is C17H18N6. The first-order valence-corrected chi connectivity index (χ1v) is 7.57. The molecule has 23 heavy (non-hydrogen) atoms. The van der Waals surface area contributed by atoms with E-state index < -0.39 is 0 Å². The Hall–Kier alpha value is -2.89. The lowest BCUT2D eigenvalue weighted by Gasteiger charge is -2.07. The second-order valence-electron chi connectivity index (χ2n) is 5.84. The Morgan fingerprint density at radius 1 is 1.13 bits per heavy atom. The van der Waals surface area contributed by atoms with Crippen LogP contribution in [0, 0.1) is 13.8 Å². The average Bonchev–Trinajstić information content (AvgIpc) is 3.06. The zero-order valence-electron chi connectivity index (χ0n) is 13.4. The van der Waals surface area contributed by atoms with Crippen molar-refractivity contribution < 1.29 is 0 Å². The van der Waals surface area contributed by atoms with Crippen molar-refractivity contribution in [2.75, 3.05) is 5.32 Å². The van der Waals surface area contributed by atoms with E-state index in [1.165, 1.54) is 5.56 Å². The molecule has 0 fully saturated rings. The maximum atomic E-state index is 4.49. The van der Waals surface area contributed by atoms with E-state index >= 15 is 0 Å². The van der Waals surface area contributed by atoms with Crippen molar-refractivity contribution in [2.24, 2.45) is 7.05 Å². The molecule has 0 saturated carbocycles. The van der Waals surface area contributed by atoms with Crippen LogP contribution in [0.4, 0.5) is 5.69 Å². The summed E-state index contributed by atoms with van der Waals surface area (Å²) in [5.41, 5.74) is 6.17. The Labute approximate surface area is 133 Å². The monoisotopic (exact) mass is 306 g/mol. The summed E-state index contributed by atoms with van der Waals surface area (Å²) in [5, 5.41) is 8.91. The third kappa shape index (κ3) is 2.32. The molecular weight excluding hydrogens is 288 g/mol. The van der Waals surface area contributed by atoms with Crippen molar-refractivity contribution in [1.29, 1.82) is 0 Å². The maximum absolute atomic E-state index is 4.49. The Morgan fingerprint density at radius 3 is 2.87 bits per heavy atom. The highest BCUT2D eigenvalue weighted by atomic mass is 15.3. The van der Waals surface area contributed by atoms with Crippen molar-refractivity contribution in [3.63, 3.8) is 0 Å². The highest BCUT2D eigenvalue weighted by Gasteiger charge is 2.08. The predicted molar refractivity (Wildman–Crippen MR) is 90.5 cm³/mol. The Kier molecular flexibility index (Phi) is 3.04. The lowest BCUT2D eigenvalue weighted by molar-refractivity contribution is 0.774. The van der Waals surface area contributed by atoms with Crippen LogP contribution >= 0.6 is 0 Å². The largest absolute Gasteiger partial charge is 0.378 e. The molecule has 0 unspecified atom stereocenters. The van der Waals surface area contributed by atoms with Gasteiger partial charge in [0.25, 0.3) is 0 Å². The first-order chi connectivity index (χ1) is 11.1. The lowest BCUT2D eigenvalue weighted by atomic mass is 10.2. The number of hydrogen-bond donors (Lipinski definition) is 1. The minimum absolute atomic E-state index is 0.692. The number of aryl methyl sites for hydroxylation is 3. The molecule has 4 aromatic heterocycles. The molecule has 0 saturated heterocycles. The molecule has 0 aromatic carbocycles. The molecule has 0 bridgehead atoms. The van der Waals surface area contributed by atoms with Gasteiger partial charge in [-0.15, -0.1) is 0 Å². The summed E-state index contributed by atoms with van der Waals surface area (Å²) in [6.45, 7) is 4.78. The van der Waals surface area contributed by atoms with Gasteiger partial charge in [-0.3, -0.25) is 4.68 Å². The number of rotatable bonds is 3. The number of nitrogens with one attached hydrogen (secondary N) is 1. The van der Waals surface area contributed by atoms with E-state index in [4.69, 9.17) is 0 Å². The zero-order chi connectivity index (χ0) is 16.0. The number of hydrogen-bond acceptors (Lipinski definition) is 4. The molecule has 6 heteroatoms. The summed E-state index contributed by atoms with van der Waals surface area (Å²) >= 11 is 0. The smallest absolute Gasteiger partial charge is 0.157 e. The normalized spacial score (nSPS) is 11.4. The highest BCUT2D eigenvalue weighted by molar-refractivity contribution is 5.81. The highest BCUT2D eigenvalue weighted by Crippen LogP contribution is 2.20. The van der Waals surface area contributed by atoms with Gasteiger partial charge in [-0.05, 0) is 31.5 Å². The van der Waals surface area contributed by atoms with Gasteiger partial charge in [0.05, 0.1) is 36.0 Å². The molecule has 4 aromatic rings. The summed E-state index contributed by atoms with van der Waals surface area (Å²) < 4.78 is 3.92. The molecule has 0 aliphatic rings. The van der Waals surface area contributed by atoms with Crippen molar-refractivity contribution in [1.82, 2.24) is 24.1 Å². The summed E-state index contributed by atoms with van der Waals surface area (Å²) in [5.74, 6) is 0. The quantitative estimate of drug-likeness (QED) is 0.632. The predicted octanol–water partition coefficient (Wildman–Crippen LogP) is 2.84. The first kappa shape index (κ1) is 13.8. The van der Waals surface area contributed by atoms with Crippen LogP contribution in [0.1, 0.15) is 17.0 Å². The van der Waals surface area contributed by atoms with Crippen LogP contribution in [0.2, 0.25) is 0 Å². The van der Waals surface area contributed by atoms with Gasteiger partial charge < -0.3 is 9.72 Å². The average molecular weight is 306 g/mol. The van der Waals surface area contributed by atoms with Crippen LogP contribution in [0.3, 0.4) is 0 Å². The molecule has 116 valence electrons. The van der Waals surface area contributed by atoms with Crippen LogP contribution in [0.25, 0.3) is 16.7 Å². The SMILES string of the molecule is Cc1ccc2ncc(CNc3cnc4c(c3)c(C)nn4C)n2c1. The van der Waals surface area contributed by atoms with Crippen molar-refractivity contribution >= 4 is 22.4 Å². The standard InChI is InChI=1S/C17H18N6/c1-11-4-5-16-19-9-14(23(16)10-11)8-18-13-6-15-12(2)21-22(3)17(15)20-7-13/h4-7,9-10,18H,8H2,1-3H3. The molecule has 0 spiro atoms. The van der Waals surface area contributed by atoms with Crippen LogP contribution in [0.15, 0.2) is 36.8 Å². The molecule has 4 heterocycles. The van der Waals surface area contributed by atoms with Gasteiger partial charge >= 0.3 is 0 Å². The fourth-order valence-electron chi connectivity index (χ4n) is 2.87. The van der Waals surface area contributed by atoms with Gasteiger partial charge in [-0.1, -0.05) is 6.07 Å². The lowest BCUT2D eigenvalue weighted by Crippen LogP contribution is -2.03. The maximum Gasteiger partial charge on any atom is 0.157 e. The van der Waals surface area contributed by atoms with E-state index in [9.17, 15) is 0 Å². The number of anilines is 1. The molecule has 0 aliphatic heterocycles.